The van der Waals surface area contributed by atoms with Gasteiger partial charge in [-0.2, -0.15) is 5.26 Å². The van der Waals surface area contributed by atoms with Crippen LogP contribution < -0.4 is 16.0 Å². The number of hydrogen-bond donors (Lipinski definition) is 3. The quantitative estimate of drug-likeness (QED) is 0.304. The number of nitriles is 1. The molecule has 0 radical (unpaired) electrons. The molecule has 2 fully saturated rings. The van der Waals surface area contributed by atoms with E-state index >= 15 is 0 Å². The van der Waals surface area contributed by atoms with Crippen molar-refractivity contribution in [2.75, 3.05) is 23.7 Å². The lowest BCUT2D eigenvalue weighted by Crippen LogP contribution is -2.49. The van der Waals surface area contributed by atoms with E-state index in [4.69, 9.17) is 15.2 Å². The van der Waals surface area contributed by atoms with E-state index in [1.54, 1.807) is 18.5 Å². The molecular formula is C30H33N9. The molecule has 1 atom stereocenters. The summed E-state index contributed by atoms with van der Waals surface area (Å²) in [5.41, 5.74) is 4.43. The topological polar surface area (TPSA) is 124 Å². The van der Waals surface area contributed by atoms with Crippen molar-refractivity contribution in [3.63, 3.8) is 0 Å². The molecule has 5 heterocycles. The standard InChI is InChI=1S/C30H33N9/c1-18-11-19(13-31)14-35-27(18)38-25-12-21(7-10-34-25)28-36-23-16-33-15-22(20-5-4-6-20)26(23)29(39-28)37-24-8-9-32-17-30(24,2)3/h7,10-12,14-16,20,24,32H,4-6,8-9,17H2,1-3H3,(H,34,35,38)(H,36,37,39). The fraction of sp³-hybridized carbons (Fsp3) is 0.400. The number of hydrogen-bond acceptors (Lipinski definition) is 9. The molecule has 1 saturated heterocycles. The third-order valence-electron chi connectivity index (χ3n) is 8.10. The first kappa shape index (κ1) is 25.1. The van der Waals surface area contributed by atoms with Crippen molar-refractivity contribution < 1.29 is 0 Å². The molecule has 0 spiro atoms. The maximum Gasteiger partial charge on any atom is 0.162 e. The lowest BCUT2D eigenvalue weighted by atomic mass is 9.78. The second-order valence-electron chi connectivity index (χ2n) is 11.4. The molecule has 1 aliphatic heterocycles. The van der Waals surface area contributed by atoms with Gasteiger partial charge in [0.1, 0.15) is 23.5 Å². The fourth-order valence-corrected chi connectivity index (χ4v) is 5.50. The number of aryl methyl sites for hydroxylation is 1. The summed E-state index contributed by atoms with van der Waals surface area (Å²) in [5.74, 6) is 3.31. The van der Waals surface area contributed by atoms with Crippen LogP contribution in [0.2, 0.25) is 0 Å². The monoisotopic (exact) mass is 519 g/mol. The van der Waals surface area contributed by atoms with Gasteiger partial charge < -0.3 is 16.0 Å². The summed E-state index contributed by atoms with van der Waals surface area (Å²) in [6.07, 6.45) is 11.8. The molecule has 0 bridgehead atoms. The highest BCUT2D eigenvalue weighted by Crippen LogP contribution is 2.42. The van der Waals surface area contributed by atoms with Gasteiger partial charge in [0.05, 0.1) is 17.3 Å². The predicted molar refractivity (Wildman–Crippen MR) is 153 cm³/mol. The van der Waals surface area contributed by atoms with Gasteiger partial charge in [-0.1, -0.05) is 20.3 Å². The first-order valence-corrected chi connectivity index (χ1v) is 13.6. The maximum atomic E-state index is 9.15. The molecule has 4 aromatic rings. The van der Waals surface area contributed by atoms with Crippen LogP contribution >= 0.6 is 0 Å². The molecule has 9 heteroatoms. The highest BCUT2D eigenvalue weighted by Gasteiger charge is 2.33. The van der Waals surface area contributed by atoms with Gasteiger partial charge in [0.2, 0.25) is 0 Å². The van der Waals surface area contributed by atoms with Crippen LogP contribution in [-0.4, -0.2) is 44.1 Å². The summed E-state index contributed by atoms with van der Waals surface area (Å²) in [6.45, 7) is 8.46. The first-order valence-electron chi connectivity index (χ1n) is 13.6. The number of rotatable bonds is 6. The summed E-state index contributed by atoms with van der Waals surface area (Å²) < 4.78 is 0. The van der Waals surface area contributed by atoms with E-state index in [0.29, 0.717) is 28.9 Å². The normalized spacial score (nSPS) is 18.8. The highest BCUT2D eigenvalue weighted by molar-refractivity contribution is 5.93. The van der Waals surface area contributed by atoms with Gasteiger partial charge in [-0.3, -0.25) is 4.98 Å². The van der Waals surface area contributed by atoms with Crippen LogP contribution in [0, 0.1) is 23.7 Å². The van der Waals surface area contributed by atoms with Crippen LogP contribution in [0.3, 0.4) is 0 Å². The molecular weight excluding hydrogens is 486 g/mol. The second kappa shape index (κ2) is 10.2. The van der Waals surface area contributed by atoms with Crippen LogP contribution in [0.15, 0.2) is 43.0 Å². The van der Waals surface area contributed by atoms with Crippen LogP contribution in [0.25, 0.3) is 22.3 Å². The first-order chi connectivity index (χ1) is 18.9. The fourth-order valence-electron chi connectivity index (χ4n) is 5.50. The Kier molecular flexibility index (Phi) is 6.57. The largest absolute Gasteiger partial charge is 0.366 e. The molecule has 1 unspecified atom stereocenters. The van der Waals surface area contributed by atoms with Crippen molar-refractivity contribution in [2.45, 2.75) is 58.4 Å². The Balaban J connectivity index is 1.41. The minimum Gasteiger partial charge on any atom is -0.366 e. The SMILES string of the molecule is Cc1cc(C#N)cnc1Nc1cc(-c2nc(NC3CCNCC3(C)C)c3c(C4CCC4)cncc3n2)ccn1. The number of pyridine rings is 3. The summed E-state index contributed by atoms with van der Waals surface area (Å²) >= 11 is 0. The van der Waals surface area contributed by atoms with E-state index in [2.05, 4.69) is 50.8 Å². The Morgan fingerprint density at radius 2 is 1.92 bits per heavy atom. The number of piperidine rings is 1. The van der Waals surface area contributed by atoms with E-state index in [-0.39, 0.29) is 11.5 Å². The Labute approximate surface area is 228 Å². The predicted octanol–water partition coefficient (Wildman–Crippen LogP) is 5.47. The molecule has 9 nitrogen and oxygen atoms in total. The third kappa shape index (κ3) is 5.00. The van der Waals surface area contributed by atoms with Crippen LogP contribution in [0.1, 0.15) is 62.1 Å². The number of aromatic nitrogens is 5. The zero-order chi connectivity index (χ0) is 27.0. The van der Waals surface area contributed by atoms with E-state index in [1.807, 2.05) is 31.5 Å². The van der Waals surface area contributed by atoms with Crippen molar-refractivity contribution in [3.8, 4) is 17.5 Å². The Hall–Kier alpha value is -4.16. The zero-order valence-corrected chi connectivity index (χ0v) is 22.6. The smallest absolute Gasteiger partial charge is 0.162 e. The third-order valence-corrected chi connectivity index (χ3v) is 8.10. The van der Waals surface area contributed by atoms with E-state index in [0.717, 1.165) is 47.4 Å². The maximum absolute atomic E-state index is 9.15. The molecule has 198 valence electrons. The Morgan fingerprint density at radius 3 is 2.67 bits per heavy atom. The number of nitrogens with one attached hydrogen (secondary N) is 3. The number of nitrogens with zero attached hydrogens (tertiary/aromatic N) is 6. The molecule has 4 aromatic heterocycles. The van der Waals surface area contributed by atoms with Gasteiger partial charge in [0.25, 0.3) is 0 Å². The van der Waals surface area contributed by atoms with Gasteiger partial charge in [0, 0.05) is 42.1 Å². The Morgan fingerprint density at radius 1 is 1.05 bits per heavy atom. The van der Waals surface area contributed by atoms with Gasteiger partial charge in [-0.25, -0.2) is 19.9 Å². The Bertz CT molecular complexity index is 1570. The summed E-state index contributed by atoms with van der Waals surface area (Å²) in [5, 5.41) is 20.9. The average molecular weight is 520 g/mol. The highest BCUT2D eigenvalue weighted by atomic mass is 15.1. The minimum absolute atomic E-state index is 0.0824. The summed E-state index contributed by atoms with van der Waals surface area (Å²) in [6, 6.07) is 8.07. The molecule has 0 aromatic carbocycles. The molecule has 1 aliphatic carbocycles. The van der Waals surface area contributed by atoms with Crippen LogP contribution in [0.5, 0.6) is 0 Å². The molecule has 1 saturated carbocycles. The van der Waals surface area contributed by atoms with E-state index in [1.165, 1.54) is 24.8 Å². The molecule has 0 amide bonds. The van der Waals surface area contributed by atoms with Crippen molar-refractivity contribution >= 4 is 28.4 Å². The minimum atomic E-state index is 0.0824. The summed E-state index contributed by atoms with van der Waals surface area (Å²) in [7, 11) is 0. The van der Waals surface area contributed by atoms with Gasteiger partial charge in [0.15, 0.2) is 5.82 Å². The van der Waals surface area contributed by atoms with Gasteiger partial charge in [-0.15, -0.1) is 0 Å². The average Bonchev–Trinajstić information content (AvgIpc) is 2.90. The van der Waals surface area contributed by atoms with E-state index in [9.17, 15) is 0 Å². The number of anilines is 3. The van der Waals surface area contributed by atoms with Crippen LogP contribution in [0.4, 0.5) is 17.5 Å². The van der Waals surface area contributed by atoms with Crippen molar-refractivity contribution in [3.05, 3.63) is 59.7 Å². The van der Waals surface area contributed by atoms with Crippen molar-refractivity contribution in [1.82, 2.24) is 30.2 Å². The van der Waals surface area contributed by atoms with Crippen molar-refractivity contribution in [2.24, 2.45) is 5.41 Å². The lowest BCUT2D eigenvalue weighted by Gasteiger charge is -2.40. The van der Waals surface area contributed by atoms with Gasteiger partial charge in [-0.05, 0) is 73.4 Å². The van der Waals surface area contributed by atoms with Gasteiger partial charge >= 0.3 is 0 Å². The van der Waals surface area contributed by atoms with E-state index < -0.39 is 0 Å². The number of fused-ring (bicyclic) bond motifs is 1. The molecule has 3 N–H and O–H groups in total. The molecule has 2 aliphatic rings. The summed E-state index contributed by atoms with van der Waals surface area (Å²) in [4.78, 5) is 23.6. The zero-order valence-electron chi connectivity index (χ0n) is 22.6. The molecule has 6 rings (SSSR count). The molecule has 39 heavy (non-hydrogen) atoms. The van der Waals surface area contributed by atoms with Crippen LogP contribution in [-0.2, 0) is 0 Å². The van der Waals surface area contributed by atoms with Crippen molar-refractivity contribution in [1.29, 1.82) is 5.26 Å². The lowest BCUT2D eigenvalue weighted by molar-refractivity contribution is 0.236. The second-order valence-corrected chi connectivity index (χ2v) is 11.4.